The lowest BCUT2D eigenvalue weighted by Gasteiger charge is -2.08. The van der Waals surface area contributed by atoms with Gasteiger partial charge in [-0.3, -0.25) is 0 Å². The number of nitrogens with one attached hydrogen (secondary N) is 1. The van der Waals surface area contributed by atoms with Gasteiger partial charge in [0.25, 0.3) is 0 Å². The molecule has 1 fully saturated rings. The molecule has 0 amide bonds. The van der Waals surface area contributed by atoms with Crippen LogP contribution in [0, 0.1) is 6.92 Å². The van der Waals surface area contributed by atoms with Gasteiger partial charge < -0.3 is 10.1 Å². The fourth-order valence-corrected chi connectivity index (χ4v) is 3.85. The van der Waals surface area contributed by atoms with E-state index in [2.05, 4.69) is 10.3 Å². The maximum absolute atomic E-state index is 11.4. The molecule has 0 spiro atoms. The van der Waals surface area contributed by atoms with Crippen molar-refractivity contribution in [3.05, 3.63) is 10.6 Å². The minimum absolute atomic E-state index is 0.303. The van der Waals surface area contributed by atoms with Crippen LogP contribution in [-0.2, 0) is 4.74 Å². The van der Waals surface area contributed by atoms with Crippen LogP contribution in [0.5, 0.6) is 0 Å². The molecule has 1 saturated heterocycles. The number of hydrogen-bond acceptors (Lipinski definition) is 6. The number of anilines is 1. The molecule has 0 bridgehead atoms. The average Bonchev–Trinajstić information content (AvgIpc) is 2.94. The zero-order valence-electron chi connectivity index (χ0n) is 9.99. The lowest BCUT2D eigenvalue weighted by atomic mass is 10.2. The first-order valence-corrected chi connectivity index (χ1v) is 7.48. The van der Waals surface area contributed by atoms with Crippen molar-refractivity contribution in [1.82, 2.24) is 4.98 Å². The summed E-state index contributed by atoms with van der Waals surface area (Å²) in [5, 5.41) is 4.80. The molecule has 0 aliphatic carbocycles. The smallest absolute Gasteiger partial charge is 0.350 e. The second-order valence-electron chi connectivity index (χ2n) is 3.94. The molecular weight excluding hydrogens is 256 g/mol. The van der Waals surface area contributed by atoms with E-state index in [-0.39, 0.29) is 5.97 Å². The molecule has 0 radical (unpaired) electrons. The predicted octanol–water partition coefficient (Wildman–Crippen LogP) is 2.55. The van der Waals surface area contributed by atoms with Gasteiger partial charge in [-0.15, -0.1) is 0 Å². The molecule has 1 unspecified atom stereocenters. The van der Waals surface area contributed by atoms with Crippen molar-refractivity contribution < 1.29 is 9.53 Å². The van der Waals surface area contributed by atoms with E-state index >= 15 is 0 Å². The number of thioether (sulfide) groups is 1. The fourth-order valence-electron chi connectivity index (χ4n) is 1.76. The van der Waals surface area contributed by atoms with E-state index in [4.69, 9.17) is 4.74 Å². The van der Waals surface area contributed by atoms with Crippen LogP contribution in [0.15, 0.2) is 0 Å². The van der Waals surface area contributed by atoms with Gasteiger partial charge in [0.2, 0.25) is 0 Å². The summed E-state index contributed by atoms with van der Waals surface area (Å²) in [5.74, 6) is 0.958. The molecule has 1 aliphatic rings. The molecule has 1 aromatic rings. The van der Waals surface area contributed by atoms with Crippen molar-refractivity contribution in [3.8, 4) is 0 Å². The van der Waals surface area contributed by atoms with Crippen LogP contribution in [-0.4, -0.2) is 35.6 Å². The fraction of sp³-hybridized carbons (Fsp3) is 0.636. The zero-order chi connectivity index (χ0) is 12.3. The van der Waals surface area contributed by atoms with Gasteiger partial charge in [-0.2, -0.15) is 11.8 Å². The number of ether oxygens (including phenoxy) is 1. The number of thiazole rings is 1. The Bertz CT molecular complexity index is 400. The van der Waals surface area contributed by atoms with Gasteiger partial charge in [0.05, 0.1) is 12.8 Å². The Morgan fingerprint density at radius 3 is 3.12 bits per heavy atom. The Labute approximate surface area is 109 Å². The third kappa shape index (κ3) is 3.13. The Balaban J connectivity index is 1.94. The maximum Gasteiger partial charge on any atom is 0.350 e. The van der Waals surface area contributed by atoms with Crippen LogP contribution in [0.3, 0.4) is 0 Å². The number of methoxy groups -OCH3 is 1. The first-order chi connectivity index (χ1) is 8.20. The van der Waals surface area contributed by atoms with E-state index in [9.17, 15) is 4.79 Å². The number of aromatic nitrogens is 1. The van der Waals surface area contributed by atoms with Gasteiger partial charge in [0, 0.05) is 11.8 Å². The topological polar surface area (TPSA) is 51.2 Å². The zero-order valence-corrected chi connectivity index (χ0v) is 11.6. The Hall–Kier alpha value is -0.750. The van der Waals surface area contributed by atoms with E-state index in [1.54, 1.807) is 0 Å². The summed E-state index contributed by atoms with van der Waals surface area (Å²) in [5.41, 5.74) is 0.739. The molecule has 1 aliphatic heterocycles. The maximum atomic E-state index is 11.4. The Morgan fingerprint density at radius 2 is 2.47 bits per heavy atom. The van der Waals surface area contributed by atoms with Gasteiger partial charge in [0.1, 0.15) is 4.88 Å². The molecule has 2 rings (SSSR count). The van der Waals surface area contributed by atoms with Gasteiger partial charge in [-0.05, 0) is 25.5 Å². The number of esters is 1. The number of aryl methyl sites for hydroxylation is 1. The van der Waals surface area contributed by atoms with Crippen LogP contribution in [0.1, 0.15) is 28.2 Å². The molecule has 17 heavy (non-hydrogen) atoms. The standard InChI is InChI=1S/C11H16N2O2S2/c1-7-9(10(14)15-2)17-11(13-7)12-6-8-4-3-5-16-8/h8H,3-6H2,1-2H3,(H,12,13). The van der Waals surface area contributed by atoms with Gasteiger partial charge >= 0.3 is 5.97 Å². The van der Waals surface area contributed by atoms with Crippen LogP contribution in [0.25, 0.3) is 0 Å². The summed E-state index contributed by atoms with van der Waals surface area (Å²) in [4.78, 5) is 16.4. The molecular formula is C11H16N2O2S2. The van der Waals surface area contributed by atoms with E-state index in [0.29, 0.717) is 10.1 Å². The number of carbonyl (C=O) groups is 1. The largest absolute Gasteiger partial charge is 0.465 e. The lowest BCUT2D eigenvalue weighted by molar-refractivity contribution is 0.0605. The van der Waals surface area contributed by atoms with Crippen molar-refractivity contribution in [2.75, 3.05) is 24.7 Å². The van der Waals surface area contributed by atoms with Crippen LogP contribution >= 0.6 is 23.1 Å². The number of carbonyl (C=O) groups excluding carboxylic acids is 1. The van der Waals surface area contributed by atoms with Crippen molar-refractivity contribution in [2.24, 2.45) is 0 Å². The first-order valence-electron chi connectivity index (χ1n) is 5.62. The highest BCUT2D eigenvalue weighted by molar-refractivity contribution is 8.00. The molecule has 1 N–H and O–H groups in total. The third-order valence-corrected chi connectivity index (χ3v) is 5.17. The molecule has 2 heterocycles. The second-order valence-corrected chi connectivity index (χ2v) is 6.35. The summed E-state index contributed by atoms with van der Waals surface area (Å²) in [6.07, 6.45) is 2.58. The molecule has 1 aromatic heterocycles. The van der Waals surface area contributed by atoms with E-state index in [0.717, 1.165) is 17.4 Å². The first kappa shape index (κ1) is 12.7. The van der Waals surface area contributed by atoms with Crippen LogP contribution in [0.4, 0.5) is 5.13 Å². The Kier molecular flexibility index (Phi) is 4.28. The van der Waals surface area contributed by atoms with Crippen LogP contribution in [0.2, 0.25) is 0 Å². The quantitative estimate of drug-likeness (QED) is 0.854. The third-order valence-electron chi connectivity index (χ3n) is 2.67. The van der Waals surface area contributed by atoms with Crippen molar-refractivity contribution in [1.29, 1.82) is 0 Å². The minimum Gasteiger partial charge on any atom is -0.465 e. The van der Waals surface area contributed by atoms with Gasteiger partial charge in [-0.25, -0.2) is 9.78 Å². The normalized spacial score (nSPS) is 19.3. The summed E-state index contributed by atoms with van der Waals surface area (Å²) in [7, 11) is 1.39. The van der Waals surface area contributed by atoms with Gasteiger partial charge in [0.15, 0.2) is 5.13 Å². The molecule has 0 saturated carbocycles. The molecule has 4 nitrogen and oxygen atoms in total. The predicted molar refractivity (Wildman–Crippen MR) is 72.2 cm³/mol. The SMILES string of the molecule is COC(=O)c1sc(NCC2CCCS2)nc1C. The number of hydrogen-bond donors (Lipinski definition) is 1. The minimum atomic E-state index is -0.303. The summed E-state index contributed by atoms with van der Waals surface area (Å²) in [6.45, 7) is 2.76. The van der Waals surface area contributed by atoms with Crippen molar-refractivity contribution in [2.45, 2.75) is 25.0 Å². The van der Waals surface area contributed by atoms with Gasteiger partial charge in [-0.1, -0.05) is 11.3 Å². The highest BCUT2D eigenvalue weighted by Crippen LogP contribution is 2.28. The average molecular weight is 272 g/mol. The highest BCUT2D eigenvalue weighted by Gasteiger charge is 2.18. The summed E-state index contributed by atoms with van der Waals surface area (Å²) in [6, 6.07) is 0. The molecule has 94 valence electrons. The van der Waals surface area contributed by atoms with Crippen molar-refractivity contribution in [3.63, 3.8) is 0 Å². The number of nitrogens with zero attached hydrogens (tertiary/aromatic N) is 1. The second kappa shape index (κ2) is 5.73. The van der Waals surface area contributed by atoms with E-state index in [1.807, 2.05) is 18.7 Å². The Morgan fingerprint density at radius 1 is 1.65 bits per heavy atom. The molecule has 0 aromatic carbocycles. The summed E-state index contributed by atoms with van der Waals surface area (Å²) < 4.78 is 4.71. The monoisotopic (exact) mass is 272 g/mol. The highest BCUT2D eigenvalue weighted by atomic mass is 32.2. The molecule has 1 atom stereocenters. The van der Waals surface area contributed by atoms with E-state index < -0.39 is 0 Å². The number of rotatable bonds is 4. The molecule has 6 heteroatoms. The van der Waals surface area contributed by atoms with Crippen LogP contribution < -0.4 is 5.32 Å². The summed E-state index contributed by atoms with van der Waals surface area (Å²) >= 11 is 3.38. The lowest BCUT2D eigenvalue weighted by Crippen LogP contribution is -2.13. The van der Waals surface area contributed by atoms with Crippen molar-refractivity contribution >= 4 is 34.2 Å². The van der Waals surface area contributed by atoms with E-state index in [1.165, 1.54) is 37.0 Å².